The Labute approximate surface area is 120 Å². The number of phenolic OH excluding ortho intramolecular Hbond substituents is 1. The molecule has 1 unspecified atom stereocenters. The third-order valence-electron chi connectivity index (χ3n) is 4.16. The topological polar surface area (TPSA) is 23.5 Å². The molecule has 0 aliphatic carbocycles. The molecule has 1 atom stereocenters. The van der Waals surface area contributed by atoms with Crippen molar-refractivity contribution in [2.75, 3.05) is 6.54 Å². The third-order valence-corrected chi connectivity index (χ3v) is 4.16. The van der Waals surface area contributed by atoms with Crippen molar-refractivity contribution in [3.05, 3.63) is 65.7 Å². The van der Waals surface area contributed by atoms with Crippen molar-refractivity contribution in [3.8, 4) is 5.75 Å². The molecule has 1 aliphatic rings. The van der Waals surface area contributed by atoms with Crippen molar-refractivity contribution >= 4 is 0 Å². The van der Waals surface area contributed by atoms with E-state index in [0.29, 0.717) is 11.8 Å². The first-order valence-electron chi connectivity index (χ1n) is 7.40. The first-order chi connectivity index (χ1) is 9.84. The number of likely N-dealkylation sites (tertiary alicyclic amines) is 1. The molecule has 3 rings (SSSR count). The monoisotopic (exact) mass is 267 g/mol. The third kappa shape index (κ3) is 2.86. The molecule has 0 saturated carbocycles. The normalized spacial score (nSPS) is 19.9. The maximum atomic E-state index is 9.97. The molecule has 2 heteroatoms. The summed E-state index contributed by atoms with van der Waals surface area (Å²) in [5.74, 6) is 0.407. The number of aromatic hydroxyl groups is 1. The van der Waals surface area contributed by atoms with E-state index in [1.54, 1.807) is 6.07 Å². The van der Waals surface area contributed by atoms with E-state index in [-0.39, 0.29) is 0 Å². The van der Waals surface area contributed by atoms with E-state index in [1.165, 1.54) is 24.8 Å². The first-order valence-corrected chi connectivity index (χ1v) is 7.40. The molecule has 2 nitrogen and oxygen atoms in total. The van der Waals surface area contributed by atoms with Crippen molar-refractivity contribution in [1.29, 1.82) is 0 Å². The Balaban J connectivity index is 1.81. The molecule has 0 radical (unpaired) electrons. The van der Waals surface area contributed by atoms with Crippen LogP contribution >= 0.6 is 0 Å². The van der Waals surface area contributed by atoms with Gasteiger partial charge in [-0.05, 0) is 31.0 Å². The molecule has 2 aromatic rings. The van der Waals surface area contributed by atoms with Crippen LogP contribution in [0.3, 0.4) is 0 Å². The van der Waals surface area contributed by atoms with Gasteiger partial charge in [0.15, 0.2) is 0 Å². The van der Waals surface area contributed by atoms with Crippen LogP contribution in [0.15, 0.2) is 54.6 Å². The summed E-state index contributed by atoms with van der Waals surface area (Å²) in [5.41, 5.74) is 2.41. The van der Waals surface area contributed by atoms with Gasteiger partial charge in [0.2, 0.25) is 0 Å². The Hall–Kier alpha value is -1.80. The summed E-state index contributed by atoms with van der Waals surface area (Å²) in [6.45, 7) is 1.93. The van der Waals surface area contributed by atoms with Gasteiger partial charge in [-0.1, -0.05) is 55.0 Å². The van der Waals surface area contributed by atoms with E-state index < -0.39 is 0 Å². The van der Waals surface area contributed by atoms with Gasteiger partial charge in [-0.15, -0.1) is 0 Å². The Morgan fingerprint density at radius 3 is 2.50 bits per heavy atom. The first kappa shape index (κ1) is 13.2. The minimum Gasteiger partial charge on any atom is -0.508 e. The van der Waals surface area contributed by atoms with Gasteiger partial charge in [-0.2, -0.15) is 0 Å². The standard InChI is InChI=1S/C18H21NO/c20-18-12-5-4-10-16(18)14-19-13-7-6-11-17(19)15-8-2-1-3-9-15/h1-5,8-10,12,17,20H,6-7,11,13-14H2. The summed E-state index contributed by atoms with van der Waals surface area (Å²) in [5, 5.41) is 9.97. The molecule has 2 aromatic carbocycles. The fourth-order valence-electron chi connectivity index (χ4n) is 3.10. The molecular formula is C18H21NO. The van der Waals surface area contributed by atoms with Crippen molar-refractivity contribution in [1.82, 2.24) is 4.90 Å². The molecule has 1 aliphatic heterocycles. The SMILES string of the molecule is Oc1ccccc1CN1CCCCC1c1ccccc1. The van der Waals surface area contributed by atoms with E-state index in [0.717, 1.165) is 18.7 Å². The van der Waals surface area contributed by atoms with Crippen LogP contribution in [0, 0.1) is 0 Å². The van der Waals surface area contributed by atoms with Crippen LogP contribution in [-0.4, -0.2) is 16.6 Å². The highest BCUT2D eigenvalue weighted by molar-refractivity contribution is 5.32. The van der Waals surface area contributed by atoms with E-state index in [9.17, 15) is 5.11 Å². The molecule has 0 amide bonds. The number of para-hydroxylation sites is 1. The number of rotatable bonds is 3. The lowest BCUT2D eigenvalue weighted by Gasteiger charge is -2.36. The van der Waals surface area contributed by atoms with Crippen molar-refractivity contribution in [2.45, 2.75) is 31.8 Å². The second-order valence-corrected chi connectivity index (χ2v) is 5.52. The number of nitrogens with zero attached hydrogens (tertiary/aromatic N) is 1. The number of benzene rings is 2. The van der Waals surface area contributed by atoms with E-state index in [4.69, 9.17) is 0 Å². The second kappa shape index (κ2) is 6.10. The lowest BCUT2D eigenvalue weighted by molar-refractivity contribution is 0.139. The van der Waals surface area contributed by atoms with Crippen molar-refractivity contribution < 1.29 is 5.11 Å². The molecule has 1 N–H and O–H groups in total. The van der Waals surface area contributed by atoms with E-state index in [2.05, 4.69) is 35.2 Å². The molecule has 1 saturated heterocycles. The summed E-state index contributed by atoms with van der Waals surface area (Å²) >= 11 is 0. The maximum Gasteiger partial charge on any atom is 0.120 e. The highest BCUT2D eigenvalue weighted by Crippen LogP contribution is 2.33. The van der Waals surface area contributed by atoms with Gasteiger partial charge < -0.3 is 5.11 Å². The lowest BCUT2D eigenvalue weighted by Crippen LogP contribution is -2.32. The Kier molecular flexibility index (Phi) is 4.03. The number of hydrogen-bond donors (Lipinski definition) is 1. The van der Waals surface area contributed by atoms with Gasteiger partial charge in [0, 0.05) is 18.2 Å². The highest BCUT2D eigenvalue weighted by atomic mass is 16.3. The highest BCUT2D eigenvalue weighted by Gasteiger charge is 2.24. The largest absolute Gasteiger partial charge is 0.508 e. The van der Waals surface area contributed by atoms with Crippen LogP contribution in [0.5, 0.6) is 5.75 Å². The zero-order valence-electron chi connectivity index (χ0n) is 11.7. The average Bonchev–Trinajstić information content (AvgIpc) is 2.51. The zero-order valence-corrected chi connectivity index (χ0v) is 11.7. The smallest absolute Gasteiger partial charge is 0.120 e. The summed E-state index contributed by atoms with van der Waals surface area (Å²) in [6, 6.07) is 18.9. The predicted octanol–water partition coefficient (Wildman–Crippen LogP) is 4.12. The van der Waals surface area contributed by atoms with Gasteiger partial charge in [-0.25, -0.2) is 0 Å². The summed E-state index contributed by atoms with van der Waals surface area (Å²) in [6.07, 6.45) is 3.74. The number of hydrogen-bond acceptors (Lipinski definition) is 2. The predicted molar refractivity (Wildman–Crippen MR) is 81.6 cm³/mol. The summed E-state index contributed by atoms with van der Waals surface area (Å²) < 4.78 is 0. The van der Waals surface area contributed by atoms with Crippen molar-refractivity contribution in [2.24, 2.45) is 0 Å². The van der Waals surface area contributed by atoms with Crippen LogP contribution in [-0.2, 0) is 6.54 Å². The van der Waals surface area contributed by atoms with E-state index >= 15 is 0 Å². The Bertz CT molecular complexity index is 552. The van der Waals surface area contributed by atoms with Gasteiger partial charge in [0.05, 0.1) is 0 Å². The summed E-state index contributed by atoms with van der Waals surface area (Å²) in [4.78, 5) is 2.49. The zero-order chi connectivity index (χ0) is 13.8. The summed E-state index contributed by atoms with van der Waals surface area (Å²) in [7, 11) is 0. The molecule has 20 heavy (non-hydrogen) atoms. The quantitative estimate of drug-likeness (QED) is 0.904. The molecule has 104 valence electrons. The van der Waals surface area contributed by atoms with Crippen LogP contribution in [0.2, 0.25) is 0 Å². The average molecular weight is 267 g/mol. The molecule has 1 fully saturated rings. The van der Waals surface area contributed by atoms with Gasteiger partial charge in [0.1, 0.15) is 5.75 Å². The fourth-order valence-corrected chi connectivity index (χ4v) is 3.10. The molecule has 0 bridgehead atoms. The Morgan fingerprint density at radius 1 is 0.950 bits per heavy atom. The number of piperidine rings is 1. The van der Waals surface area contributed by atoms with E-state index in [1.807, 2.05) is 18.2 Å². The van der Waals surface area contributed by atoms with Gasteiger partial charge in [-0.3, -0.25) is 4.90 Å². The Morgan fingerprint density at radius 2 is 1.70 bits per heavy atom. The maximum absolute atomic E-state index is 9.97. The molecule has 0 aromatic heterocycles. The van der Waals surface area contributed by atoms with Crippen LogP contribution < -0.4 is 0 Å². The minimum absolute atomic E-state index is 0.407. The van der Waals surface area contributed by atoms with Gasteiger partial charge in [0.25, 0.3) is 0 Å². The second-order valence-electron chi connectivity index (χ2n) is 5.52. The lowest BCUT2D eigenvalue weighted by atomic mass is 9.94. The van der Waals surface area contributed by atoms with Crippen molar-refractivity contribution in [3.63, 3.8) is 0 Å². The molecule has 1 heterocycles. The molecular weight excluding hydrogens is 246 g/mol. The molecule has 0 spiro atoms. The minimum atomic E-state index is 0.407. The van der Waals surface area contributed by atoms with Crippen LogP contribution in [0.4, 0.5) is 0 Å². The fraction of sp³-hybridized carbons (Fsp3) is 0.333. The van der Waals surface area contributed by atoms with Crippen LogP contribution in [0.25, 0.3) is 0 Å². The van der Waals surface area contributed by atoms with Crippen LogP contribution in [0.1, 0.15) is 36.4 Å². The number of phenols is 1. The van der Waals surface area contributed by atoms with Gasteiger partial charge >= 0.3 is 0 Å².